The van der Waals surface area contributed by atoms with Gasteiger partial charge in [-0.1, -0.05) is 24.9 Å². The van der Waals surface area contributed by atoms with Crippen LogP contribution in [0.15, 0.2) is 4.52 Å². The van der Waals surface area contributed by atoms with E-state index in [2.05, 4.69) is 22.4 Å². The van der Waals surface area contributed by atoms with Crippen LogP contribution in [-0.2, 0) is 16.0 Å². The summed E-state index contributed by atoms with van der Waals surface area (Å²) in [5, 5.41) is 7.22. The van der Waals surface area contributed by atoms with Crippen molar-refractivity contribution in [3.05, 3.63) is 11.7 Å². The normalized spacial score (nSPS) is 25.4. The Bertz CT molecular complexity index is 736. The minimum Gasteiger partial charge on any atom is -0.444 e. The lowest BCUT2D eigenvalue weighted by molar-refractivity contribution is -0.123. The van der Waals surface area contributed by atoms with E-state index in [1.54, 1.807) is 4.90 Å². The van der Waals surface area contributed by atoms with E-state index < -0.39 is 5.60 Å². The number of ether oxygens (including phenoxy) is 1. The van der Waals surface area contributed by atoms with Gasteiger partial charge >= 0.3 is 6.09 Å². The Kier molecular flexibility index (Phi) is 7.03. The fraction of sp³-hybridized carbons (Fsp3) is 0.818. The number of piperidine rings is 1. The molecule has 1 aliphatic carbocycles. The van der Waals surface area contributed by atoms with Crippen molar-refractivity contribution in [1.29, 1.82) is 0 Å². The molecule has 8 heteroatoms. The third kappa shape index (κ3) is 5.73. The van der Waals surface area contributed by atoms with Crippen LogP contribution in [0.1, 0.15) is 90.8 Å². The minimum atomic E-state index is -0.542. The molecule has 1 saturated heterocycles. The van der Waals surface area contributed by atoms with Gasteiger partial charge < -0.3 is 19.5 Å². The first-order valence-electron chi connectivity index (χ1n) is 11.3. The first-order valence-corrected chi connectivity index (χ1v) is 11.3. The molecule has 1 aromatic rings. The Morgan fingerprint density at radius 2 is 1.90 bits per heavy atom. The molecule has 1 aliphatic heterocycles. The molecule has 0 radical (unpaired) electrons. The molecule has 0 spiro atoms. The quantitative estimate of drug-likeness (QED) is 0.778. The molecule has 8 nitrogen and oxygen atoms in total. The lowest BCUT2D eigenvalue weighted by Gasteiger charge is -2.43. The highest BCUT2D eigenvalue weighted by Crippen LogP contribution is 2.32. The average molecular weight is 421 g/mol. The number of hydrogen-bond acceptors (Lipinski definition) is 6. The zero-order valence-electron chi connectivity index (χ0n) is 18.9. The van der Waals surface area contributed by atoms with Crippen LogP contribution in [0.2, 0.25) is 0 Å². The summed E-state index contributed by atoms with van der Waals surface area (Å²) in [6, 6.07) is -0.250. The molecule has 1 aromatic heterocycles. The zero-order valence-corrected chi connectivity index (χ0v) is 18.9. The smallest absolute Gasteiger partial charge is 0.410 e. The molecule has 168 valence electrons. The number of nitrogens with one attached hydrogen (secondary N) is 1. The number of aryl methyl sites for hydroxylation is 1. The van der Waals surface area contributed by atoms with Crippen LogP contribution in [-0.4, -0.2) is 51.3 Å². The second kappa shape index (κ2) is 9.35. The molecule has 2 heterocycles. The topological polar surface area (TPSA) is 97.6 Å². The van der Waals surface area contributed by atoms with E-state index in [0.717, 1.165) is 25.1 Å². The van der Waals surface area contributed by atoms with Crippen molar-refractivity contribution in [2.75, 3.05) is 6.54 Å². The first-order chi connectivity index (χ1) is 14.1. The Morgan fingerprint density at radius 1 is 1.20 bits per heavy atom. The van der Waals surface area contributed by atoms with E-state index in [0.29, 0.717) is 24.8 Å². The van der Waals surface area contributed by atoms with Crippen LogP contribution >= 0.6 is 0 Å². The van der Waals surface area contributed by atoms with Gasteiger partial charge in [-0.3, -0.25) is 4.79 Å². The van der Waals surface area contributed by atoms with Crippen LogP contribution in [0.4, 0.5) is 4.79 Å². The van der Waals surface area contributed by atoms with Crippen LogP contribution in [0.25, 0.3) is 0 Å². The molecule has 3 rings (SSSR count). The fourth-order valence-corrected chi connectivity index (χ4v) is 4.43. The molecule has 0 aromatic carbocycles. The molecule has 3 atom stereocenters. The average Bonchev–Trinajstić information content (AvgIpc) is 3.33. The number of hydrogen-bond donors (Lipinski definition) is 1. The SMILES string of the molecule is C[C@@H]1CCN(C(=O)OC(C)(C)C)[C@H](C)[C@@H]1NC(=O)CCc1nc(C2CCCC2)no1. The van der Waals surface area contributed by atoms with Crippen LogP contribution in [0.3, 0.4) is 0 Å². The largest absolute Gasteiger partial charge is 0.444 e. The Hall–Kier alpha value is -2.12. The van der Waals surface area contributed by atoms with Gasteiger partial charge in [-0.05, 0) is 52.9 Å². The van der Waals surface area contributed by atoms with Crippen molar-refractivity contribution in [1.82, 2.24) is 20.4 Å². The summed E-state index contributed by atoms with van der Waals surface area (Å²) in [4.78, 5) is 31.4. The van der Waals surface area contributed by atoms with Gasteiger partial charge in [0, 0.05) is 25.3 Å². The van der Waals surface area contributed by atoms with Crippen LogP contribution < -0.4 is 5.32 Å². The van der Waals surface area contributed by atoms with Crippen molar-refractivity contribution >= 4 is 12.0 Å². The van der Waals surface area contributed by atoms with E-state index >= 15 is 0 Å². The van der Waals surface area contributed by atoms with Crippen molar-refractivity contribution in [2.45, 2.75) is 103 Å². The van der Waals surface area contributed by atoms with E-state index in [4.69, 9.17) is 9.26 Å². The zero-order chi connectivity index (χ0) is 21.9. The van der Waals surface area contributed by atoms with Gasteiger partial charge in [-0.15, -0.1) is 0 Å². The van der Waals surface area contributed by atoms with E-state index in [9.17, 15) is 9.59 Å². The summed E-state index contributed by atoms with van der Waals surface area (Å²) in [5.74, 6) is 1.92. The van der Waals surface area contributed by atoms with Crippen molar-refractivity contribution < 1.29 is 18.8 Å². The number of carbonyl (C=O) groups is 2. The predicted molar refractivity (Wildman–Crippen MR) is 112 cm³/mol. The van der Waals surface area contributed by atoms with Gasteiger partial charge in [0.15, 0.2) is 5.82 Å². The summed E-state index contributed by atoms with van der Waals surface area (Å²) in [6.07, 6.45) is 5.88. The Morgan fingerprint density at radius 3 is 2.57 bits per heavy atom. The number of rotatable bonds is 5. The molecule has 1 saturated carbocycles. The van der Waals surface area contributed by atoms with Crippen molar-refractivity contribution in [2.24, 2.45) is 5.92 Å². The lowest BCUT2D eigenvalue weighted by atomic mass is 9.87. The Balaban J connectivity index is 1.52. The Labute approximate surface area is 179 Å². The van der Waals surface area contributed by atoms with Gasteiger partial charge in [-0.2, -0.15) is 4.98 Å². The molecule has 0 unspecified atom stereocenters. The summed E-state index contributed by atoms with van der Waals surface area (Å²) in [6.45, 7) is 10.3. The van der Waals surface area contributed by atoms with Crippen molar-refractivity contribution in [3.63, 3.8) is 0 Å². The highest BCUT2D eigenvalue weighted by atomic mass is 16.6. The van der Waals surface area contributed by atoms with Gasteiger partial charge in [0.1, 0.15) is 5.60 Å². The summed E-state index contributed by atoms with van der Waals surface area (Å²) >= 11 is 0. The maximum atomic E-state index is 12.6. The molecule has 2 amide bonds. The van der Waals surface area contributed by atoms with Crippen molar-refractivity contribution in [3.8, 4) is 0 Å². The molecule has 2 fully saturated rings. The van der Waals surface area contributed by atoms with E-state index in [1.165, 1.54) is 12.8 Å². The molecule has 0 bridgehead atoms. The highest BCUT2D eigenvalue weighted by molar-refractivity contribution is 5.76. The standard InChI is InChI=1S/C22H36N4O4/c1-14-12-13-26(21(28)29-22(3,4)5)15(2)19(14)23-17(27)10-11-18-24-20(25-30-18)16-8-6-7-9-16/h14-16,19H,6-13H2,1-5H3,(H,23,27)/t14-,15-,19-/m1/s1. The predicted octanol–water partition coefficient (Wildman–Crippen LogP) is 3.81. The summed E-state index contributed by atoms with van der Waals surface area (Å²) in [5.41, 5.74) is -0.542. The highest BCUT2D eigenvalue weighted by Gasteiger charge is 2.38. The summed E-state index contributed by atoms with van der Waals surface area (Å²) in [7, 11) is 0. The molecule has 2 aliphatic rings. The third-order valence-electron chi connectivity index (χ3n) is 6.18. The monoisotopic (exact) mass is 420 g/mol. The fourth-order valence-electron chi connectivity index (χ4n) is 4.43. The summed E-state index contributed by atoms with van der Waals surface area (Å²) < 4.78 is 10.9. The first kappa shape index (κ1) is 22.6. The second-order valence-electron chi connectivity index (χ2n) is 9.80. The lowest BCUT2D eigenvalue weighted by Crippen LogP contribution is -2.59. The van der Waals surface area contributed by atoms with E-state index in [1.807, 2.05) is 27.7 Å². The van der Waals surface area contributed by atoms with Gasteiger partial charge in [0.25, 0.3) is 0 Å². The molecular formula is C22H36N4O4. The molecule has 1 N–H and O–H groups in total. The number of aromatic nitrogens is 2. The number of nitrogens with zero attached hydrogens (tertiary/aromatic N) is 3. The second-order valence-corrected chi connectivity index (χ2v) is 9.80. The maximum Gasteiger partial charge on any atom is 0.410 e. The molecular weight excluding hydrogens is 384 g/mol. The van der Waals surface area contributed by atoms with Gasteiger partial charge in [-0.25, -0.2) is 4.79 Å². The maximum absolute atomic E-state index is 12.6. The van der Waals surface area contributed by atoms with Crippen LogP contribution in [0, 0.1) is 5.92 Å². The number of amides is 2. The minimum absolute atomic E-state index is 0.0645. The molecule has 30 heavy (non-hydrogen) atoms. The third-order valence-corrected chi connectivity index (χ3v) is 6.18. The van der Waals surface area contributed by atoms with Gasteiger partial charge in [0.2, 0.25) is 11.8 Å². The number of likely N-dealkylation sites (tertiary alicyclic amines) is 1. The van der Waals surface area contributed by atoms with Gasteiger partial charge in [0.05, 0.1) is 12.1 Å². The number of carbonyl (C=O) groups excluding carboxylic acids is 2. The van der Waals surface area contributed by atoms with Crippen LogP contribution in [0.5, 0.6) is 0 Å². The van der Waals surface area contributed by atoms with E-state index in [-0.39, 0.29) is 36.4 Å².